The SMILES string of the molecule is Fc1ccc(COc2ccccc2CNCc2ccnn2C2CC2(F)F)c(F)c1. The molecule has 0 amide bonds. The quantitative estimate of drug-likeness (QED) is 0.557. The highest BCUT2D eigenvalue weighted by Gasteiger charge is 2.59. The highest BCUT2D eigenvalue weighted by atomic mass is 19.3. The van der Waals surface area contributed by atoms with E-state index in [1.54, 1.807) is 18.2 Å². The Bertz CT molecular complexity index is 1010. The van der Waals surface area contributed by atoms with Crippen LogP contribution in [0.5, 0.6) is 5.75 Å². The van der Waals surface area contributed by atoms with Crippen LogP contribution in [0.2, 0.25) is 0 Å². The summed E-state index contributed by atoms with van der Waals surface area (Å²) in [6.45, 7) is 0.758. The van der Waals surface area contributed by atoms with Crippen LogP contribution in [0.25, 0.3) is 0 Å². The van der Waals surface area contributed by atoms with E-state index in [-0.39, 0.29) is 18.6 Å². The Morgan fingerprint density at radius 3 is 2.62 bits per heavy atom. The van der Waals surface area contributed by atoms with E-state index in [1.807, 2.05) is 12.1 Å². The van der Waals surface area contributed by atoms with Crippen molar-refractivity contribution in [2.75, 3.05) is 0 Å². The first-order valence-corrected chi connectivity index (χ1v) is 9.19. The molecule has 1 aliphatic carbocycles. The first kappa shape index (κ1) is 19.4. The number of nitrogens with one attached hydrogen (secondary N) is 1. The van der Waals surface area contributed by atoms with Crippen molar-refractivity contribution in [3.05, 3.63) is 83.2 Å². The maximum Gasteiger partial charge on any atom is 0.272 e. The van der Waals surface area contributed by atoms with E-state index >= 15 is 0 Å². The molecule has 1 atom stereocenters. The Morgan fingerprint density at radius 2 is 1.86 bits per heavy atom. The van der Waals surface area contributed by atoms with Gasteiger partial charge >= 0.3 is 0 Å². The Kier molecular flexibility index (Phi) is 5.27. The number of hydrogen-bond donors (Lipinski definition) is 1. The average Bonchev–Trinajstić information content (AvgIpc) is 3.09. The van der Waals surface area contributed by atoms with E-state index in [2.05, 4.69) is 10.4 Å². The highest BCUT2D eigenvalue weighted by Crippen LogP contribution is 2.52. The maximum atomic E-state index is 13.8. The monoisotopic (exact) mass is 405 g/mol. The third-order valence-corrected chi connectivity index (χ3v) is 4.83. The number of alkyl halides is 2. The minimum atomic E-state index is -2.68. The summed E-state index contributed by atoms with van der Waals surface area (Å²) in [6, 6.07) is 11.4. The molecule has 0 bridgehead atoms. The summed E-state index contributed by atoms with van der Waals surface area (Å²) in [7, 11) is 0. The molecule has 1 N–H and O–H groups in total. The molecule has 0 aliphatic heterocycles. The third-order valence-electron chi connectivity index (χ3n) is 4.83. The molecule has 1 heterocycles. The van der Waals surface area contributed by atoms with Gasteiger partial charge in [0, 0.05) is 42.9 Å². The Labute approximate surface area is 165 Å². The van der Waals surface area contributed by atoms with E-state index in [0.29, 0.717) is 24.5 Å². The van der Waals surface area contributed by atoms with Gasteiger partial charge in [-0.1, -0.05) is 18.2 Å². The molecule has 2 aromatic carbocycles. The van der Waals surface area contributed by atoms with Gasteiger partial charge in [0.1, 0.15) is 30.0 Å². The molecule has 1 unspecified atom stereocenters. The van der Waals surface area contributed by atoms with Crippen LogP contribution in [0.1, 0.15) is 29.3 Å². The van der Waals surface area contributed by atoms with Crippen LogP contribution in [0.15, 0.2) is 54.7 Å². The predicted molar refractivity (Wildman–Crippen MR) is 98.5 cm³/mol. The van der Waals surface area contributed by atoms with Crippen molar-refractivity contribution in [2.45, 2.75) is 38.1 Å². The lowest BCUT2D eigenvalue weighted by atomic mass is 10.2. The summed E-state index contributed by atoms with van der Waals surface area (Å²) in [5.41, 5.74) is 1.76. The molecule has 4 rings (SSSR count). The van der Waals surface area contributed by atoms with Crippen LogP contribution in [-0.2, 0) is 19.7 Å². The fourth-order valence-electron chi connectivity index (χ4n) is 3.14. The third kappa shape index (κ3) is 4.42. The van der Waals surface area contributed by atoms with Gasteiger partial charge in [-0.2, -0.15) is 5.10 Å². The number of rotatable bonds is 8. The molecule has 0 radical (unpaired) electrons. The number of hydrogen-bond acceptors (Lipinski definition) is 3. The Balaban J connectivity index is 1.36. The summed E-state index contributed by atoms with van der Waals surface area (Å²) in [5.74, 6) is -3.42. The summed E-state index contributed by atoms with van der Waals surface area (Å²) in [5, 5.41) is 7.21. The standard InChI is InChI=1S/C21H19F4N3O/c22-16-6-5-15(18(23)9-16)13-29-19-4-2-1-3-14(19)11-26-12-17-7-8-27-28(17)20-10-21(20,24)25/h1-9,20,26H,10-13H2. The topological polar surface area (TPSA) is 39.1 Å². The molecule has 1 aliphatic rings. The van der Waals surface area contributed by atoms with Gasteiger partial charge in [0.25, 0.3) is 5.92 Å². The van der Waals surface area contributed by atoms with Crippen LogP contribution in [0.4, 0.5) is 17.6 Å². The summed E-state index contributed by atoms with van der Waals surface area (Å²) < 4.78 is 60.5. The lowest BCUT2D eigenvalue weighted by Crippen LogP contribution is -2.17. The number of ether oxygens (including phenoxy) is 1. The second kappa shape index (κ2) is 7.87. The van der Waals surface area contributed by atoms with Gasteiger partial charge < -0.3 is 10.1 Å². The van der Waals surface area contributed by atoms with Gasteiger partial charge in [0.05, 0.1) is 5.69 Å². The van der Waals surface area contributed by atoms with E-state index in [4.69, 9.17) is 4.74 Å². The zero-order valence-corrected chi connectivity index (χ0v) is 15.4. The number of nitrogens with zero attached hydrogens (tertiary/aromatic N) is 2. The first-order chi connectivity index (χ1) is 13.9. The van der Waals surface area contributed by atoms with E-state index in [9.17, 15) is 17.6 Å². The molecule has 1 fully saturated rings. The predicted octanol–water partition coefficient (Wildman–Crippen LogP) is 4.61. The largest absolute Gasteiger partial charge is 0.488 e. The maximum absolute atomic E-state index is 13.8. The normalized spacial score (nSPS) is 17.3. The summed E-state index contributed by atoms with van der Waals surface area (Å²) >= 11 is 0. The van der Waals surface area contributed by atoms with Gasteiger partial charge in [0.2, 0.25) is 0 Å². The lowest BCUT2D eigenvalue weighted by molar-refractivity contribution is 0.0976. The summed E-state index contributed by atoms with van der Waals surface area (Å²) in [4.78, 5) is 0. The molecule has 3 aromatic rings. The zero-order valence-electron chi connectivity index (χ0n) is 15.4. The molecule has 0 saturated heterocycles. The number of aromatic nitrogens is 2. The van der Waals surface area contributed by atoms with Crippen LogP contribution in [0, 0.1) is 11.6 Å². The second-order valence-electron chi connectivity index (χ2n) is 6.98. The molecule has 4 nitrogen and oxygen atoms in total. The number of para-hydroxylation sites is 1. The van der Waals surface area contributed by atoms with Crippen LogP contribution >= 0.6 is 0 Å². The van der Waals surface area contributed by atoms with Crippen molar-refractivity contribution >= 4 is 0 Å². The van der Waals surface area contributed by atoms with E-state index in [1.165, 1.54) is 23.0 Å². The minimum absolute atomic E-state index is 0.0351. The van der Waals surface area contributed by atoms with Crippen molar-refractivity contribution in [1.29, 1.82) is 0 Å². The highest BCUT2D eigenvalue weighted by molar-refractivity contribution is 5.33. The molecule has 0 spiro atoms. The second-order valence-corrected chi connectivity index (χ2v) is 6.98. The van der Waals surface area contributed by atoms with E-state index in [0.717, 1.165) is 11.6 Å². The molecule has 8 heteroatoms. The van der Waals surface area contributed by atoms with Crippen molar-refractivity contribution < 1.29 is 22.3 Å². The Morgan fingerprint density at radius 1 is 1.07 bits per heavy atom. The fourth-order valence-corrected chi connectivity index (χ4v) is 3.14. The Hall–Kier alpha value is -2.87. The average molecular weight is 405 g/mol. The fraction of sp³-hybridized carbons (Fsp3) is 0.286. The zero-order chi connectivity index (χ0) is 20.4. The van der Waals surface area contributed by atoms with Crippen molar-refractivity contribution in [3.63, 3.8) is 0 Å². The molecular weight excluding hydrogens is 386 g/mol. The van der Waals surface area contributed by atoms with Crippen molar-refractivity contribution in [2.24, 2.45) is 0 Å². The van der Waals surface area contributed by atoms with Gasteiger partial charge in [-0.25, -0.2) is 17.6 Å². The molecule has 1 aromatic heterocycles. The minimum Gasteiger partial charge on any atom is -0.488 e. The van der Waals surface area contributed by atoms with Gasteiger partial charge in [0.15, 0.2) is 0 Å². The lowest BCUT2D eigenvalue weighted by Gasteiger charge is -2.13. The molecular formula is C21H19F4N3O. The number of halogens is 4. The first-order valence-electron chi connectivity index (χ1n) is 9.19. The van der Waals surface area contributed by atoms with Crippen LogP contribution in [-0.4, -0.2) is 15.7 Å². The van der Waals surface area contributed by atoms with E-state index < -0.39 is 23.6 Å². The molecule has 152 valence electrons. The van der Waals surface area contributed by atoms with Crippen LogP contribution in [0.3, 0.4) is 0 Å². The molecule has 1 saturated carbocycles. The van der Waals surface area contributed by atoms with Gasteiger partial charge in [-0.05, 0) is 24.3 Å². The van der Waals surface area contributed by atoms with Crippen molar-refractivity contribution in [3.8, 4) is 5.75 Å². The van der Waals surface area contributed by atoms with Gasteiger partial charge in [-0.3, -0.25) is 4.68 Å². The summed E-state index contributed by atoms with van der Waals surface area (Å²) in [6.07, 6.45) is 1.33. The van der Waals surface area contributed by atoms with Crippen LogP contribution < -0.4 is 10.1 Å². The van der Waals surface area contributed by atoms with Gasteiger partial charge in [-0.15, -0.1) is 0 Å². The van der Waals surface area contributed by atoms with Crippen molar-refractivity contribution in [1.82, 2.24) is 15.1 Å². The smallest absolute Gasteiger partial charge is 0.272 e. The number of benzene rings is 2. The molecule has 29 heavy (non-hydrogen) atoms.